The molecular formula is C34H45F2N3O3. The van der Waals surface area contributed by atoms with E-state index in [1.165, 1.54) is 17.7 Å². The van der Waals surface area contributed by atoms with Crippen LogP contribution in [0.15, 0.2) is 65.8 Å². The maximum Gasteiger partial charge on any atom is 0.244 e. The first-order chi connectivity index (χ1) is 19.8. The van der Waals surface area contributed by atoms with E-state index in [9.17, 15) is 23.5 Å². The first kappa shape index (κ1) is 33.1. The predicted molar refractivity (Wildman–Crippen MR) is 162 cm³/mol. The number of nitrogens with two attached hydrogens (primary N) is 1. The Balaban J connectivity index is 2.10. The largest absolute Gasteiger partial charge is 0.391 e. The van der Waals surface area contributed by atoms with Gasteiger partial charge in [0.05, 0.1) is 11.5 Å². The number of carbonyl (C=O) groups excluding carboxylic acids is 2. The number of aliphatic hydroxyl groups is 1. The maximum absolute atomic E-state index is 14.7. The van der Waals surface area contributed by atoms with Gasteiger partial charge in [-0.3, -0.25) is 9.59 Å². The molecule has 0 spiro atoms. The predicted octanol–water partition coefficient (Wildman–Crippen LogP) is 5.23. The summed E-state index contributed by atoms with van der Waals surface area (Å²) in [6.45, 7) is 12.1. The number of amides is 2. The number of hydrogen-bond acceptors (Lipinski definition) is 4. The zero-order chi connectivity index (χ0) is 31.2. The van der Waals surface area contributed by atoms with Crippen LogP contribution in [0.1, 0.15) is 64.7 Å². The standard InChI is InChI=1S/C34H45F2N3O3/c1-7-24-9-8-10-25(12-24)19-38-20-31(40)30(15-26-13-28(35)16-29(36)14-26)34(33(42)39(21(2)3)22(4)5)17-23(6)11-27(18-34)32(37)41/h8-14,16-17,21-22,30-31,38,40H,7,15,18-20H2,1-6H3,(H2,37,41)/t30-,31+,34?/m1/s1. The minimum atomic E-state index is -1.40. The van der Waals surface area contributed by atoms with Gasteiger partial charge in [-0.25, -0.2) is 8.78 Å². The smallest absolute Gasteiger partial charge is 0.244 e. The second-order valence-corrected chi connectivity index (χ2v) is 12.0. The molecule has 2 amide bonds. The number of primary amides is 1. The van der Waals surface area contributed by atoms with Crippen LogP contribution < -0.4 is 11.1 Å². The van der Waals surface area contributed by atoms with Crippen LogP contribution in [0.4, 0.5) is 8.78 Å². The second kappa shape index (κ2) is 14.2. The molecule has 8 heteroatoms. The van der Waals surface area contributed by atoms with Crippen LogP contribution in [0.5, 0.6) is 0 Å². The highest BCUT2D eigenvalue weighted by atomic mass is 19.1. The molecule has 0 radical (unpaired) electrons. The van der Waals surface area contributed by atoms with Crippen molar-refractivity contribution >= 4 is 11.8 Å². The normalized spacial score (nSPS) is 18.5. The van der Waals surface area contributed by atoms with E-state index < -0.39 is 35.0 Å². The highest BCUT2D eigenvalue weighted by Crippen LogP contribution is 2.46. The summed E-state index contributed by atoms with van der Waals surface area (Å²) in [5, 5.41) is 15.1. The molecule has 1 unspecified atom stereocenters. The number of nitrogens with one attached hydrogen (secondary N) is 1. The van der Waals surface area contributed by atoms with E-state index in [1.807, 2.05) is 39.8 Å². The number of halogens is 2. The number of hydrogen-bond donors (Lipinski definition) is 3. The van der Waals surface area contributed by atoms with E-state index in [-0.39, 0.29) is 43.0 Å². The molecule has 42 heavy (non-hydrogen) atoms. The molecule has 3 rings (SSSR count). The third-order valence-corrected chi connectivity index (χ3v) is 8.02. The number of benzene rings is 2. The van der Waals surface area contributed by atoms with Crippen LogP contribution in [0.25, 0.3) is 0 Å². The van der Waals surface area contributed by atoms with Crippen molar-refractivity contribution in [3.05, 3.63) is 94.1 Å². The SMILES string of the molecule is CCc1cccc(CNC[C@H](O)[C@@H](Cc2cc(F)cc(F)c2)C2(C(=O)N(C(C)C)C(C)C)C=C(C)C=C(C(N)=O)C2)c1. The Morgan fingerprint density at radius 3 is 2.21 bits per heavy atom. The molecule has 3 atom stereocenters. The number of nitrogens with zero attached hydrogens (tertiary/aromatic N) is 1. The highest BCUT2D eigenvalue weighted by molar-refractivity contribution is 5.96. The number of allylic oxidation sites excluding steroid dienone is 2. The molecule has 0 aromatic heterocycles. The lowest BCUT2D eigenvalue weighted by Crippen LogP contribution is -2.56. The van der Waals surface area contributed by atoms with Crippen molar-refractivity contribution in [1.29, 1.82) is 0 Å². The fraction of sp³-hybridized carbons (Fsp3) is 0.471. The van der Waals surface area contributed by atoms with E-state index in [1.54, 1.807) is 24.0 Å². The van der Waals surface area contributed by atoms with Crippen LogP contribution in [0.3, 0.4) is 0 Å². The lowest BCUT2D eigenvalue weighted by molar-refractivity contribution is -0.149. The molecular weight excluding hydrogens is 536 g/mol. The fourth-order valence-electron chi connectivity index (χ4n) is 6.25. The molecule has 0 heterocycles. The molecule has 2 aromatic rings. The Kier molecular flexibility index (Phi) is 11.2. The Hall–Kier alpha value is -3.36. The molecule has 0 aliphatic heterocycles. The van der Waals surface area contributed by atoms with Crippen molar-refractivity contribution < 1.29 is 23.5 Å². The van der Waals surface area contributed by atoms with Gasteiger partial charge in [0.2, 0.25) is 11.8 Å². The van der Waals surface area contributed by atoms with Crippen molar-refractivity contribution in [3.63, 3.8) is 0 Å². The van der Waals surface area contributed by atoms with Crippen LogP contribution in [-0.2, 0) is 29.0 Å². The Labute approximate surface area is 248 Å². The highest BCUT2D eigenvalue weighted by Gasteiger charge is 2.51. The van der Waals surface area contributed by atoms with Gasteiger partial charge in [-0.15, -0.1) is 0 Å². The summed E-state index contributed by atoms with van der Waals surface area (Å²) < 4.78 is 28.7. The summed E-state index contributed by atoms with van der Waals surface area (Å²) in [5.74, 6) is -3.26. The zero-order valence-electron chi connectivity index (χ0n) is 25.6. The molecule has 0 saturated carbocycles. The summed E-state index contributed by atoms with van der Waals surface area (Å²) in [4.78, 5) is 28.9. The van der Waals surface area contributed by atoms with Gasteiger partial charge in [-0.05, 0) is 82.7 Å². The quantitative estimate of drug-likeness (QED) is 0.302. The van der Waals surface area contributed by atoms with Crippen molar-refractivity contribution in [2.45, 2.75) is 85.5 Å². The third-order valence-electron chi connectivity index (χ3n) is 8.02. The van der Waals surface area contributed by atoms with Crippen LogP contribution in [-0.4, -0.2) is 46.6 Å². The van der Waals surface area contributed by atoms with Gasteiger partial charge in [-0.2, -0.15) is 0 Å². The van der Waals surface area contributed by atoms with Gasteiger partial charge in [0.15, 0.2) is 0 Å². The monoisotopic (exact) mass is 581 g/mol. The van der Waals surface area contributed by atoms with E-state index >= 15 is 0 Å². The molecule has 1 aliphatic rings. The minimum Gasteiger partial charge on any atom is -0.391 e. The minimum absolute atomic E-state index is 0.00552. The molecule has 0 fully saturated rings. The first-order valence-electron chi connectivity index (χ1n) is 14.7. The van der Waals surface area contributed by atoms with Gasteiger partial charge >= 0.3 is 0 Å². The lowest BCUT2D eigenvalue weighted by atomic mass is 9.62. The Morgan fingerprint density at radius 2 is 1.64 bits per heavy atom. The third kappa shape index (κ3) is 7.92. The van der Waals surface area contributed by atoms with E-state index in [0.717, 1.165) is 18.1 Å². The van der Waals surface area contributed by atoms with E-state index in [0.29, 0.717) is 17.7 Å². The average molecular weight is 582 g/mol. The fourth-order valence-corrected chi connectivity index (χ4v) is 6.25. The summed E-state index contributed by atoms with van der Waals surface area (Å²) in [6.07, 6.45) is 3.20. The molecule has 2 aromatic carbocycles. The van der Waals surface area contributed by atoms with Gasteiger partial charge in [0, 0.05) is 42.7 Å². The van der Waals surface area contributed by atoms with Crippen molar-refractivity contribution in [2.75, 3.05) is 6.54 Å². The Bertz CT molecular complexity index is 1310. The maximum atomic E-state index is 14.7. The number of aryl methyl sites for hydroxylation is 1. The molecule has 6 nitrogen and oxygen atoms in total. The van der Waals surface area contributed by atoms with E-state index in [2.05, 4.69) is 24.4 Å². The molecule has 0 bridgehead atoms. The summed E-state index contributed by atoms with van der Waals surface area (Å²) in [7, 11) is 0. The summed E-state index contributed by atoms with van der Waals surface area (Å²) >= 11 is 0. The van der Waals surface area contributed by atoms with Crippen LogP contribution >= 0.6 is 0 Å². The van der Waals surface area contributed by atoms with Crippen LogP contribution in [0, 0.1) is 23.0 Å². The molecule has 228 valence electrons. The molecule has 1 aliphatic carbocycles. The molecule has 0 saturated heterocycles. The van der Waals surface area contributed by atoms with Gasteiger partial charge in [0.25, 0.3) is 0 Å². The number of aliphatic hydroxyl groups excluding tert-OH is 1. The number of rotatable bonds is 13. The summed E-state index contributed by atoms with van der Waals surface area (Å²) in [5.41, 5.74) is 7.83. The van der Waals surface area contributed by atoms with Gasteiger partial charge < -0.3 is 21.1 Å². The van der Waals surface area contributed by atoms with Crippen molar-refractivity contribution in [1.82, 2.24) is 10.2 Å². The van der Waals surface area contributed by atoms with Gasteiger partial charge in [0.1, 0.15) is 11.6 Å². The Morgan fingerprint density at radius 1 is 1.02 bits per heavy atom. The topological polar surface area (TPSA) is 95.7 Å². The summed E-state index contributed by atoms with van der Waals surface area (Å²) in [6, 6.07) is 11.0. The second-order valence-electron chi connectivity index (χ2n) is 12.0. The molecule has 4 N–H and O–H groups in total. The van der Waals surface area contributed by atoms with Crippen LogP contribution in [0.2, 0.25) is 0 Å². The van der Waals surface area contributed by atoms with Crippen molar-refractivity contribution in [3.8, 4) is 0 Å². The van der Waals surface area contributed by atoms with E-state index in [4.69, 9.17) is 5.73 Å². The number of carbonyl (C=O) groups is 2. The first-order valence-corrected chi connectivity index (χ1v) is 14.7. The average Bonchev–Trinajstić information content (AvgIpc) is 2.90. The zero-order valence-corrected chi connectivity index (χ0v) is 25.6. The van der Waals surface area contributed by atoms with Crippen molar-refractivity contribution in [2.24, 2.45) is 17.1 Å². The van der Waals surface area contributed by atoms with Gasteiger partial charge in [-0.1, -0.05) is 48.9 Å². The lowest BCUT2D eigenvalue weighted by Gasteiger charge is -2.47.